The summed E-state index contributed by atoms with van der Waals surface area (Å²) in [5.41, 5.74) is 1.91. The highest BCUT2D eigenvalue weighted by Gasteiger charge is 2.25. The zero-order valence-electron chi connectivity index (χ0n) is 17.0. The third-order valence-corrected chi connectivity index (χ3v) is 5.23. The first kappa shape index (κ1) is 21.1. The van der Waals surface area contributed by atoms with Crippen LogP contribution in [0.4, 0.5) is 16.2 Å². The summed E-state index contributed by atoms with van der Waals surface area (Å²) in [6, 6.07) is 7.75. The number of piperazine rings is 1. The van der Waals surface area contributed by atoms with Crippen LogP contribution in [0.15, 0.2) is 24.3 Å². The first-order valence-electron chi connectivity index (χ1n) is 10.3. The minimum Gasteiger partial charge on any atom is -0.368 e. The Labute approximate surface area is 163 Å². The number of unbranched alkanes of at least 4 members (excludes halogenated alkanes) is 1. The molecule has 0 bridgehead atoms. The van der Waals surface area contributed by atoms with Crippen molar-refractivity contribution in [1.29, 1.82) is 0 Å². The Hall–Kier alpha value is -2.24. The topological polar surface area (TPSA) is 64.7 Å². The number of carbonyl (C=O) groups is 2. The maximum Gasteiger partial charge on any atom is 0.319 e. The van der Waals surface area contributed by atoms with Crippen LogP contribution in [0.5, 0.6) is 0 Å². The number of hydrogen-bond donors (Lipinski definition) is 2. The highest BCUT2D eigenvalue weighted by atomic mass is 16.2. The van der Waals surface area contributed by atoms with Gasteiger partial charge in [-0.3, -0.25) is 4.79 Å². The predicted octanol–water partition coefficient (Wildman–Crippen LogP) is 3.69. The Balaban J connectivity index is 1.83. The molecule has 0 aromatic heterocycles. The molecule has 0 aliphatic carbocycles. The summed E-state index contributed by atoms with van der Waals surface area (Å²) < 4.78 is 0. The molecule has 27 heavy (non-hydrogen) atoms. The van der Waals surface area contributed by atoms with E-state index in [1.165, 1.54) is 0 Å². The lowest BCUT2D eigenvalue weighted by Gasteiger charge is -2.37. The summed E-state index contributed by atoms with van der Waals surface area (Å²) in [5, 5.41) is 5.70. The van der Waals surface area contributed by atoms with E-state index in [0.29, 0.717) is 12.5 Å². The van der Waals surface area contributed by atoms with E-state index in [-0.39, 0.29) is 11.9 Å². The summed E-state index contributed by atoms with van der Waals surface area (Å²) in [5.74, 6) is 0.457. The standard InChI is InChI=1S/C21H34N4O2/c1-4-7-12-22-21(27)23-18-8-10-19(11-9-18)24-13-15-25(16-14-24)20(26)17(5-2)6-3/h8-11,17H,4-7,12-16H2,1-3H3,(H2,22,23,27). The van der Waals surface area contributed by atoms with Crippen molar-refractivity contribution in [2.24, 2.45) is 5.92 Å². The molecule has 6 heteroatoms. The molecule has 1 aromatic rings. The minimum atomic E-state index is -0.162. The van der Waals surface area contributed by atoms with Crippen LogP contribution in [0.1, 0.15) is 46.5 Å². The van der Waals surface area contributed by atoms with Gasteiger partial charge in [0.15, 0.2) is 0 Å². The molecule has 0 spiro atoms. The Morgan fingerprint density at radius 3 is 2.19 bits per heavy atom. The smallest absolute Gasteiger partial charge is 0.319 e. The number of urea groups is 1. The van der Waals surface area contributed by atoms with Crippen LogP contribution < -0.4 is 15.5 Å². The van der Waals surface area contributed by atoms with Crippen molar-refractivity contribution in [3.63, 3.8) is 0 Å². The molecule has 0 atom stereocenters. The highest BCUT2D eigenvalue weighted by Crippen LogP contribution is 2.21. The van der Waals surface area contributed by atoms with Crippen LogP contribution >= 0.6 is 0 Å². The molecule has 0 saturated carbocycles. The van der Waals surface area contributed by atoms with Crippen molar-refractivity contribution in [2.75, 3.05) is 42.9 Å². The lowest BCUT2D eigenvalue weighted by Crippen LogP contribution is -2.50. The summed E-state index contributed by atoms with van der Waals surface area (Å²) in [6.07, 6.45) is 3.87. The summed E-state index contributed by atoms with van der Waals surface area (Å²) in [4.78, 5) is 28.6. The number of amides is 3. The van der Waals surface area contributed by atoms with Crippen molar-refractivity contribution < 1.29 is 9.59 Å². The van der Waals surface area contributed by atoms with Gasteiger partial charge in [-0.05, 0) is 43.5 Å². The number of carbonyl (C=O) groups excluding carboxylic acids is 2. The monoisotopic (exact) mass is 374 g/mol. The minimum absolute atomic E-state index is 0.158. The van der Waals surface area contributed by atoms with E-state index >= 15 is 0 Å². The fourth-order valence-electron chi connectivity index (χ4n) is 3.39. The van der Waals surface area contributed by atoms with Gasteiger partial charge in [-0.15, -0.1) is 0 Å². The van der Waals surface area contributed by atoms with Gasteiger partial charge in [-0.25, -0.2) is 4.79 Å². The zero-order chi connectivity index (χ0) is 19.6. The molecule has 1 heterocycles. The second kappa shape index (κ2) is 10.8. The highest BCUT2D eigenvalue weighted by molar-refractivity contribution is 5.89. The second-order valence-electron chi connectivity index (χ2n) is 7.11. The molecule has 6 nitrogen and oxygen atoms in total. The van der Waals surface area contributed by atoms with E-state index in [2.05, 4.69) is 36.3 Å². The number of nitrogens with one attached hydrogen (secondary N) is 2. The van der Waals surface area contributed by atoms with Gasteiger partial charge < -0.3 is 20.4 Å². The van der Waals surface area contributed by atoms with Gasteiger partial charge in [0.25, 0.3) is 0 Å². The maximum atomic E-state index is 12.5. The Kier molecular flexibility index (Phi) is 8.43. The van der Waals surface area contributed by atoms with E-state index in [4.69, 9.17) is 0 Å². The molecule has 1 fully saturated rings. The molecule has 1 aromatic carbocycles. The van der Waals surface area contributed by atoms with Crippen molar-refractivity contribution in [3.05, 3.63) is 24.3 Å². The normalized spacial score (nSPS) is 14.4. The fourth-order valence-corrected chi connectivity index (χ4v) is 3.39. The molecule has 2 rings (SSSR count). The van der Waals surface area contributed by atoms with Crippen molar-refractivity contribution in [3.8, 4) is 0 Å². The van der Waals surface area contributed by atoms with Gasteiger partial charge in [0.2, 0.25) is 5.91 Å². The lowest BCUT2D eigenvalue weighted by molar-refractivity contribution is -0.136. The average Bonchev–Trinajstić information content (AvgIpc) is 2.70. The van der Waals surface area contributed by atoms with E-state index in [1.54, 1.807) is 0 Å². The third-order valence-electron chi connectivity index (χ3n) is 5.23. The first-order valence-corrected chi connectivity index (χ1v) is 10.3. The Morgan fingerprint density at radius 2 is 1.63 bits per heavy atom. The lowest BCUT2D eigenvalue weighted by atomic mass is 10.0. The molecular weight excluding hydrogens is 340 g/mol. The Morgan fingerprint density at radius 1 is 1.00 bits per heavy atom. The zero-order valence-corrected chi connectivity index (χ0v) is 17.0. The molecule has 0 unspecified atom stereocenters. The third kappa shape index (κ3) is 6.15. The largest absolute Gasteiger partial charge is 0.368 e. The van der Waals surface area contributed by atoms with Crippen LogP contribution in [0, 0.1) is 5.92 Å². The molecule has 2 N–H and O–H groups in total. The number of rotatable bonds is 8. The number of benzene rings is 1. The maximum absolute atomic E-state index is 12.5. The van der Waals surface area contributed by atoms with Gasteiger partial charge in [0, 0.05) is 50.0 Å². The quantitative estimate of drug-likeness (QED) is 0.682. The van der Waals surface area contributed by atoms with Gasteiger partial charge >= 0.3 is 6.03 Å². The van der Waals surface area contributed by atoms with Crippen LogP contribution in [0.25, 0.3) is 0 Å². The van der Waals surface area contributed by atoms with Crippen molar-refractivity contribution in [2.45, 2.75) is 46.5 Å². The van der Waals surface area contributed by atoms with Crippen LogP contribution in [0.2, 0.25) is 0 Å². The number of nitrogens with zero attached hydrogens (tertiary/aromatic N) is 2. The van der Waals surface area contributed by atoms with Crippen LogP contribution in [-0.4, -0.2) is 49.6 Å². The van der Waals surface area contributed by atoms with Gasteiger partial charge in [-0.1, -0.05) is 27.2 Å². The molecule has 0 radical (unpaired) electrons. The molecule has 3 amide bonds. The predicted molar refractivity (Wildman–Crippen MR) is 111 cm³/mol. The molecular formula is C21H34N4O2. The average molecular weight is 375 g/mol. The summed E-state index contributed by atoms with van der Waals surface area (Å²) >= 11 is 0. The summed E-state index contributed by atoms with van der Waals surface area (Å²) in [6.45, 7) is 10.2. The first-order chi connectivity index (χ1) is 13.1. The van der Waals surface area contributed by atoms with Crippen molar-refractivity contribution in [1.82, 2.24) is 10.2 Å². The number of hydrogen-bond acceptors (Lipinski definition) is 3. The number of anilines is 2. The van der Waals surface area contributed by atoms with E-state index < -0.39 is 0 Å². The van der Waals surface area contributed by atoms with Crippen LogP contribution in [0.3, 0.4) is 0 Å². The molecule has 150 valence electrons. The van der Waals surface area contributed by atoms with E-state index in [1.807, 2.05) is 29.2 Å². The summed E-state index contributed by atoms with van der Waals surface area (Å²) in [7, 11) is 0. The second-order valence-corrected chi connectivity index (χ2v) is 7.11. The van der Waals surface area contributed by atoms with E-state index in [0.717, 1.165) is 63.2 Å². The molecule has 1 saturated heterocycles. The molecule has 1 aliphatic heterocycles. The fraction of sp³-hybridized carbons (Fsp3) is 0.619. The van der Waals surface area contributed by atoms with Crippen LogP contribution in [-0.2, 0) is 4.79 Å². The van der Waals surface area contributed by atoms with Crippen molar-refractivity contribution >= 4 is 23.3 Å². The molecule has 1 aliphatic rings. The van der Waals surface area contributed by atoms with Gasteiger partial charge in [0.05, 0.1) is 0 Å². The Bertz CT molecular complexity index is 591. The van der Waals surface area contributed by atoms with Gasteiger partial charge in [0.1, 0.15) is 0 Å². The van der Waals surface area contributed by atoms with Gasteiger partial charge in [-0.2, -0.15) is 0 Å². The van der Waals surface area contributed by atoms with E-state index in [9.17, 15) is 9.59 Å². The SMILES string of the molecule is CCCCNC(=O)Nc1ccc(N2CCN(C(=O)C(CC)CC)CC2)cc1.